The van der Waals surface area contributed by atoms with Crippen LogP contribution in [0.3, 0.4) is 0 Å². The van der Waals surface area contributed by atoms with E-state index in [0.717, 1.165) is 22.3 Å². The van der Waals surface area contributed by atoms with Crippen LogP contribution in [0.15, 0.2) is 48.5 Å². The van der Waals surface area contributed by atoms with Crippen LogP contribution in [0.5, 0.6) is 0 Å². The maximum atomic E-state index is 12.4. The van der Waals surface area contributed by atoms with E-state index in [1.807, 2.05) is 48.5 Å². The zero-order valence-electron chi connectivity index (χ0n) is 18.5. The van der Waals surface area contributed by atoms with Gasteiger partial charge in [0.25, 0.3) is 5.91 Å². The summed E-state index contributed by atoms with van der Waals surface area (Å²) < 4.78 is 10.5. The highest BCUT2D eigenvalue weighted by atomic mass is 16.5. The number of carbonyl (C=O) groups excluding carboxylic acids is 2. The molecule has 2 amide bonds. The van der Waals surface area contributed by atoms with Gasteiger partial charge in [-0.3, -0.25) is 4.79 Å². The second kappa shape index (κ2) is 11.2. The lowest BCUT2D eigenvalue weighted by atomic mass is 9.98. The Labute approximate surface area is 192 Å². The highest BCUT2D eigenvalue weighted by Gasteiger charge is 2.29. The number of hydrogen-bond donors (Lipinski definition) is 3. The molecule has 1 aliphatic carbocycles. The summed E-state index contributed by atoms with van der Waals surface area (Å²) in [6, 6.07) is 14.8. The molecule has 0 bridgehead atoms. The molecule has 0 saturated heterocycles. The lowest BCUT2D eigenvalue weighted by molar-refractivity contribution is -0.143. The van der Waals surface area contributed by atoms with E-state index in [2.05, 4.69) is 22.5 Å². The van der Waals surface area contributed by atoms with Gasteiger partial charge in [-0.1, -0.05) is 48.5 Å². The van der Waals surface area contributed by atoms with Gasteiger partial charge in [0.05, 0.1) is 6.54 Å². The number of alkyl carbamates (subject to hydrolysis) is 1. The molecule has 0 fully saturated rings. The van der Waals surface area contributed by atoms with Crippen molar-refractivity contribution in [2.75, 3.05) is 20.3 Å². The molecule has 3 N–H and O–H groups in total. The minimum atomic E-state index is -1.20. The molecule has 0 aromatic heterocycles. The van der Waals surface area contributed by atoms with E-state index in [-0.39, 0.29) is 25.5 Å². The Kier molecular flexibility index (Phi) is 8.06. The number of carboxylic acid groups (broad SMARTS) is 1. The smallest absolute Gasteiger partial charge is 0.407 e. The van der Waals surface area contributed by atoms with Crippen LogP contribution in [-0.2, 0) is 19.1 Å². The predicted octanol–water partition coefficient (Wildman–Crippen LogP) is 2.52. The van der Waals surface area contributed by atoms with E-state index in [9.17, 15) is 19.5 Å². The number of hydrogen-bond acceptors (Lipinski definition) is 5. The molecule has 33 heavy (non-hydrogen) atoms. The Balaban J connectivity index is 1.55. The number of methoxy groups -OCH3 is 1. The molecule has 0 radical (unpaired) electrons. The van der Waals surface area contributed by atoms with E-state index in [1.165, 1.54) is 7.11 Å². The Morgan fingerprint density at radius 1 is 1.06 bits per heavy atom. The Morgan fingerprint density at radius 2 is 1.67 bits per heavy atom. The molecule has 2 aromatic carbocycles. The SMILES string of the molecule is CC#CCC(NC(=O)C(CNC(=O)OCC1c2ccccc2-c2ccccc21)OC)C(=O)O. The third-order valence-corrected chi connectivity index (χ3v) is 5.45. The Bertz CT molecular complexity index is 1040. The van der Waals surface area contributed by atoms with Gasteiger partial charge in [0.1, 0.15) is 12.6 Å². The first kappa shape index (κ1) is 23.8. The predicted molar refractivity (Wildman–Crippen MR) is 122 cm³/mol. The van der Waals surface area contributed by atoms with E-state index >= 15 is 0 Å². The topological polar surface area (TPSA) is 114 Å². The fourth-order valence-electron chi connectivity index (χ4n) is 3.78. The maximum Gasteiger partial charge on any atom is 0.407 e. The van der Waals surface area contributed by atoms with Crippen molar-refractivity contribution in [3.63, 3.8) is 0 Å². The van der Waals surface area contributed by atoms with Gasteiger partial charge in [0, 0.05) is 19.4 Å². The minimum Gasteiger partial charge on any atom is -0.480 e. The van der Waals surface area contributed by atoms with Crippen LogP contribution in [0, 0.1) is 11.8 Å². The van der Waals surface area contributed by atoms with Crippen molar-refractivity contribution in [1.29, 1.82) is 0 Å². The zero-order valence-corrected chi connectivity index (χ0v) is 18.5. The molecule has 0 spiro atoms. The summed E-state index contributed by atoms with van der Waals surface area (Å²) in [5.41, 5.74) is 4.43. The molecule has 2 unspecified atom stereocenters. The number of ether oxygens (including phenoxy) is 2. The zero-order chi connectivity index (χ0) is 23.8. The Hall–Kier alpha value is -3.83. The number of nitrogens with one attached hydrogen (secondary N) is 2. The Morgan fingerprint density at radius 3 is 2.21 bits per heavy atom. The van der Waals surface area contributed by atoms with Crippen molar-refractivity contribution in [2.24, 2.45) is 0 Å². The molecular weight excluding hydrogens is 424 g/mol. The van der Waals surface area contributed by atoms with E-state index < -0.39 is 30.1 Å². The quantitative estimate of drug-likeness (QED) is 0.506. The normalized spacial score (nSPS) is 13.5. The summed E-state index contributed by atoms with van der Waals surface area (Å²) in [6.07, 6.45) is -1.81. The fraction of sp³-hybridized carbons (Fsp3) is 0.320. The van der Waals surface area contributed by atoms with Gasteiger partial charge in [-0.2, -0.15) is 0 Å². The van der Waals surface area contributed by atoms with Gasteiger partial charge in [0.2, 0.25) is 0 Å². The molecular formula is C25H26N2O6. The van der Waals surface area contributed by atoms with Crippen LogP contribution in [0.4, 0.5) is 4.79 Å². The molecule has 8 heteroatoms. The molecule has 8 nitrogen and oxygen atoms in total. The molecule has 1 aliphatic rings. The van der Waals surface area contributed by atoms with Crippen LogP contribution < -0.4 is 10.6 Å². The standard InChI is InChI=1S/C25H26N2O6/c1-3-4-13-21(24(29)30)27-23(28)22(32-2)14-26-25(31)33-15-20-18-11-7-5-9-16(18)17-10-6-8-12-19(17)20/h5-12,20-22H,13-15H2,1-2H3,(H,26,31)(H,27,28)(H,29,30). The third-order valence-electron chi connectivity index (χ3n) is 5.45. The number of rotatable bonds is 9. The van der Waals surface area contributed by atoms with Gasteiger partial charge >= 0.3 is 12.1 Å². The average molecular weight is 450 g/mol. The summed E-state index contributed by atoms with van der Waals surface area (Å²) >= 11 is 0. The van der Waals surface area contributed by atoms with Gasteiger partial charge in [-0.05, 0) is 29.2 Å². The molecule has 2 atom stereocenters. The largest absolute Gasteiger partial charge is 0.480 e. The van der Waals surface area contributed by atoms with Crippen molar-refractivity contribution in [1.82, 2.24) is 10.6 Å². The summed E-state index contributed by atoms with van der Waals surface area (Å²) in [5, 5.41) is 14.1. The van der Waals surface area contributed by atoms with Gasteiger partial charge in [-0.25, -0.2) is 9.59 Å². The van der Waals surface area contributed by atoms with Gasteiger partial charge in [0.15, 0.2) is 6.10 Å². The van der Waals surface area contributed by atoms with E-state index in [1.54, 1.807) is 6.92 Å². The molecule has 0 aliphatic heterocycles. The maximum absolute atomic E-state index is 12.4. The number of aliphatic carboxylic acids is 1. The number of carbonyl (C=O) groups is 3. The van der Waals surface area contributed by atoms with Gasteiger partial charge in [-0.15, -0.1) is 11.8 Å². The third kappa shape index (κ3) is 5.70. The molecule has 0 heterocycles. The second-order valence-corrected chi connectivity index (χ2v) is 7.46. The van der Waals surface area contributed by atoms with Crippen LogP contribution in [-0.4, -0.2) is 55.5 Å². The van der Waals surface area contributed by atoms with Crippen molar-refractivity contribution < 1.29 is 29.0 Å². The van der Waals surface area contributed by atoms with E-state index in [0.29, 0.717) is 0 Å². The summed E-state index contributed by atoms with van der Waals surface area (Å²) in [4.78, 5) is 36.0. The fourth-order valence-corrected chi connectivity index (χ4v) is 3.78. The van der Waals surface area contributed by atoms with Crippen molar-refractivity contribution >= 4 is 18.0 Å². The van der Waals surface area contributed by atoms with E-state index in [4.69, 9.17) is 9.47 Å². The van der Waals surface area contributed by atoms with Crippen molar-refractivity contribution in [3.8, 4) is 23.0 Å². The monoisotopic (exact) mass is 450 g/mol. The number of carboxylic acids is 1. The highest BCUT2D eigenvalue weighted by Crippen LogP contribution is 2.44. The highest BCUT2D eigenvalue weighted by molar-refractivity contribution is 5.87. The van der Waals surface area contributed by atoms with Crippen LogP contribution in [0.2, 0.25) is 0 Å². The summed E-state index contributed by atoms with van der Waals surface area (Å²) in [6.45, 7) is 1.54. The summed E-state index contributed by atoms with van der Waals surface area (Å²) in [7, 11) is 1.30. The number of benzene rings is 2. The van der Waals surface area contributed by atoms with Crippen LogP contribution >= 0.6 is 0 Å². The lowest BCUT2D eigenvalue weighted by Crippen LogP contribution is -2.49. The van der Waals surface area contributed by atoms with Crippen molar-refractivity contribution in [2.45, 2.75) is 31.4 Å². The molecule has 3 rings (SSSR count). The first-order valence-corrected chi connectivity index (χ1v) is 10.5. The number of fused-ring (bicyclic) bond motifs is 3. The van der Waals surface area contributed by atoms with Gasteiger partial charge < -0.3 is 25.2 Å². The minimum absolute atomic E-state index is 0.0339. The first-order valence-electron chi connectivity index (χ1n) is 10.5. The van der Waals surface area contributed by atoms with Crippen molar-refractivity contribution in [3.05, 3.63) is 59.7 Å². The molecule has 0 saturated carbocycles. The van der Waals surface area contributed by atoms with Crippen LogP contribution in [0.1, 0.15) is 30.4 Å². The first-order chi connectivity index (χ1) is 16.0. The molecule has 2 aromatic rings. The lowest BCUT2D eigenvalue weighted by Gasteiger charge is -2.19. The summed E-state index contributed by atoms with van der Waals surface area (Å²) in [5.74, 6) is 3.26. The number of amides is 2. The average Bonchev–Trinajstić information content (AvgIpc) is 3.14. The molecule has 172 valence electrons. The second-order valence-electron chi connectivity index (χ2n) is 7.46. The van der Waals surface area contributed by atoms with Crippen LogP contribution in [0.25, 0.3) is 11.1 Å².